The minimum absolute atomic E-state index is 0.660. The van der Waals surface area contributed by atoms with E-state index in [1.165, 1.54) is 54.1 Å². The first-order valence-corrected chi connectivity index (χ1v) is 18.0. The minimum Gasteiger partial charge on any atom is -0.354 e. The molecule has 12 aromatic rings. The summed E-state index contributed by atoms with van der Waals surface area (Å²) in [7, 11) is 0. The quantitative estimate of drug-likeness (QED) is 0.203. The Morgan fingerprint density at radius 3 is 1.89 bits per heavy atom. The van der Waals surface area contributed by atoms with Gasteiger partial charge in [-0.3, -0.25) is 4.57 Å². The number of hydrogen-bond acceptors (Lipinski definition) is 2. The summed E-state index contributed by atoms with van der Waals surface area (Å²) in [6.45, 7) is 0. The molecule has 8 aromatic carbocycles. The van der Waals surface area contributed by atoms with Crippen LogP contribution in [0.1, 0.15) is 0 Å². The summed E-state index contributed by atoms with van der Waals surface area (Å²) in [5.41, 5.74) is 10.8. The molecule has 1 N–H and O–H groups in total. The fourth-order valence-corrected chi connectivity index (χ4v) is 8.78. The van der Waals surface area contributed by atoms with Gasteiger partial charge in [0.05, 0.1) is 33.3 Å². The normalized spacial score (nSPS) is 12.2. The predicted molar refractivity (Wildman–Crippen MR) is 221 cm³/mol. The van der Waals surface area contributed by atoms with E-state index in [9.17, 15) is 0 Å². The average Bonchev–Trinajstić information content (AvgIpc) is 3.87. The summed E-state index contributed by atoms with van der Waals surface area (Å²) in [6, 6.07) is 60.6. The molecule has 0 aliphatic rings. The number of para-hydroxylation sites is 4. The Hall–Kier alpha value is -7.24. The second-order valence-electron chi connectivity index (χ2n) is 13.9. The zero-order valence-electron chi connectivity index (χ0n) is 28.5. The van der Waals surface area contributed by atoms with E-state index >= 15 is 0 Å². The standard InChI is InChI=1S/C48H29N5/c1-3-13-30(14-4-1)47-33-18-8-11-21-38(33)50-48(51-47)53-40-22-12-9-19-34(40)45-42(53)26-24-29-23-25-41-46(44(29)45)36-27-35-32-17-7-10-20-37(32)49-39(35)28-43(36)52(41)31-15-5-2-6-16-31/h1-28,49H. The first kappa shape index (κ1) is 28.5. The van der Waals surface area contributed by atoms with Crippen molar-refractivity contribution in [2.45, 2.75) is 0 Å². The Morgan fingerprint density at radius 1 is 0.396 bits per heavy atom. The molecule has 5 heteroatoms. The van der Waals surface area contributed by atoms with E-state index < -0.39 is 0 Å². The van der Waals surface area contributed by atoms with Crippen molar-refractivity contribution in [3.8, 4) is 22.9 Å². The molecule has 0 radical (unpaired) electrons. The van der Waals surface area contributed by atoms with Gasteiger partial charge in [-0.25, -0.2) is 9.97 Å². The molecular formula is C48H29N5. The van der Waals surface area contributed by atoms with E-state index in [0.717, 1.165) is 49.9 Å². The second kappa shape index (κ2) is 10.6. The summed E-state index contributed by atoms with van der Waals surface area (Å²) in [6.07, 6.45) is 0. The lowest BCUT2D eigenvalue weighted by Crippen LogP contribution is -2.03. The lowest BCUT2D eigenvalue weighted by molar-refractivity contribution is 1.01. The molecule has 0 aliphatic heterocycles. The van der Waals surface area contributed by atoms with Gasteiger partial charge in [-0.05, 0) is 60.0 Å². The lowest BCUT2D eigenvalue weighted by Gasteiger charge is -2.12. The molecule has 0 aliphatic carbocycles. The minimum atomic E-state index is 0.660. The number of hydrogen-bond donors (Lipinski definition) is 1. The number of rotatable bonds is 3. The zero-order valence-corrected chi connectivity index (χ0v) is 28.5. The molecular weight excluding hydrogens is 647 g/mol. The smallest absolute Gasteiger partial charge is 0.235 e. The van der Waals surface area contributed by atoms with Crippen molar-refractivity contribution in [2.24, 2.45) is 0 Å². The van der Waals surface area contributed by atoms with Gasteiger partial charge in [0.15, 0.2) is 0 Å². The Kier molecular flexibility index (Phi) is 5.71. The topological polar surface area (TPSA) is 51.4 Å². The average molecular weight is 676 g/mol. The van der Waals surface area contributed by atoms with Crippen LogP contribution in [0.15, 0.2) is 170 Å². The van der Waals surface area contributed by atoms with Crippen LogP contribution in [0.5, 0.6) is 0 Å². The van der Waals surface area contributed by atoms with Crippen LogP contribution >= 0.6 is 0 Å². The molecule has 0 saturated carbocycles. The van der Waals surface area contributed by atoms with Gasteiger partial charge in [0.2, 0.25) is 5.95 Å². The number of H-pyrrole nitrogens is 1. The summed E-state index contributed by atoms with van der Waals surface area (Å²) in [5, 5.41) is 10.8. The molecule has 0 spiro atoms. The number of fused-ring (bicyclic) bond motifs is 13. The molecule has 4 heterocycles. The van der Waals surface area contributed by atoms with Crippen molar-refractivity contribution in [1.29, 1.82) is 0 Å². The van der Waals surface area contributed by atoms with Gasteiger partial charge in [-0.1, -0.05) is 115 Å². The van der Waals surface area contributed by atoms with E-state index in [0.29, 0.717) is 5.95 Å². The second-order valence-corrected chi connectivity index (χ2v) is 13.9. The van der Waals surface area contributed by atoms with Crippen LogP contribution in [0, 0.1) is 0 Å². The van der Waals surface area contributed by atoms with Gasteiger partial charge in [0.25, 0.3) is 0 Å². The summed E-state index contributed by atoms with van der Waals surface area (Å²) in [5.74, 6) is 0.660. The van der Waals surface area contributed by atoms with Gasteiger partial charge in [-0.15, -0.1) is 0 Å². The lowest BCUT2D eigenvalue weighted by atomic mass is 9.98. The Labute approximate surface area is 303 Å². The number of aromatic nitrogens is 5. The predicted octanol–water partition coefficient (Wildman–Crippen LogP) is 12.3. The van der Waals surface area contributed by atoms with Crippen molar-refractivity contribution in [2.75, 3.05) is 0 Å². The molecule has 246 valence electrons. The molecule has 0 saturated heterocycles. The number of aromatic amines is 1. The highest BCUT2D eigenvalue weighted by Gasteiger charge is 2.23. The van der Waals surface area contributed by atoms with Crippen molar-refractivity contribution in [3.63, 3.8) is 0 Å². The van der Waals surface area contributed by atoms with Gasteiger partial charge in [-0.2, -0.15) is 0 Å². The Balaban J connectivity index is 1.26. The summed E-state index contributed by atoms with van der Waals surface area (Å²) >= 11 is 0. The maximum absolute atomic E-state index is 5.35. The van der Waals surface area contributed by atoms with E-state index in [-0.39, 0.29) is 0 Å². The molecule has 53 heavy (non-hydrogen) atoms. The Morgan fingerprint density at radius 2 is 1.06 bits per heavy atom. The van der Waals surface area contributed by atoms with Crippen LogP contribution in [-0.2, 0) is 0 Å². The third-order valence-electron chi connectivity index (χ3n) is 11.0. The largest absolute Gasteiger partial charge is 0.354 e. The van der Waals surface area contributed by atoms with E-state index in [1.54, 1.807) is 0 Å². The van der Waals surface area contributed by atoms with Crippen molar-refractivity contribution < 1.29 is 0 Å². The van der Waals surface area contributed by atoms with Crippen LogP contribution in [0.25, 0.3) is 110 Å². The van der Waals surface area contributed by atoms with Crippen LogP contribution in [0.2, 0.25) is 0 Å². The highest BCUT2D eigenvalue weighted by atomic mass is 15.2. The van der Waals surface area contributed by atoms with Gasteiger partial charge in [0.1, 0.15) is 0 Å². The SMILES string of the molecule is c1ccc(-c2nc(-n3c4ccccc4c4c5c(ccc6c5c5cc7c(cc5n6-c5ccccc5)[nH]c5ccccc57)ccc43)nc3ccccc23)cc1. The number of benzene rings is 8. The molecule has 5 nitrogen and oxygen atoms in total. The van der Waals surface area contributed by atoms with Crippen LogP contribution in [0.4, 0.5) is 0 Å². The van der Waals surface area contributed by atoms with Crippen molar-refractivity contribution in [1.82, 2.24) is 24.1 Å². The third-order valence-corrected chi connectivity index (χ3v) is 11.0. The fourth-order valence-electron chi connectivity index (χ4n) is 8.78. The molecule has 4 aromatic heterocycles. The monoisotopic (exact) mass is 675 g/mol. The molecule has 0 bridgehead atoms. The molecule has 0 unspecified atom stereocenters. The third kappa shape index (κ3) is 3.96. The van der Waals surface area contributed by atoms with Crippen LogP contribution in [-0.4, -0.2) is 24.1 Å². The highest BCUT2D eigenvalue weighted by Crippen LogP contribution is 2.45. The molecule has 0 amide bonds. The number of nitrogens with one attached hydrogen (secondary N) is 1. The first-order chi connectivity index (χ1) is 26.3. The molecule has 0 atom stereocenters. The van der Waals surface area contributed by atoms with Crippen LogP contribution in [0.3, 0.4) is 0 Å². The summed E-state index contributed by atoms with van der Waals surface area (Å²) in [4.78, 5) is 14.3. The Bertz CT molecular complexity index is 3440. The van der Waals surface area contributed by atoms with Crippen molar-refractivity contribution in [3.05, 3.63) is 170 Å². The van der Waals surface area contributed by atoms with Crippen molar-refractivity contribution >= 4 is 87.1 Å². The maximum Gasteiger partial charge on any atom is 0.235 e. The molecule has 12 rings (SSSR count). The van der Waals surface area contributed by atoms with E-state index in [1.807, 2.05) is 6.07 Å². The maximum atomic E-state index is 5.35. The van der Waals surface area contributed by atoms with Crippen LogP contribution < -0.4 is 0 Å². The van der Waals surface area contributed by atoms with Gasteiger partial charge in [0, 0.05) is 65.4 Å². The molecule has 0 fully saturated rings. The van der Waals surface area contributed by atoms with E-state index in [2.05, 4.69) is 178 Å². The highest BCUT2D eigenvalue weighted by molar-refractivity contribution is 6.34. The fraction of sp³-hybridized carbons (Fsp3) is 0. The van der Waals surface area contributed by atoms with E-state index in [4.69, 9.17) is 9.97 Å². The van der Waals surface area contributed by atoms with Gasteiger partial charge >= 0.3 is 0 Å². The zero-order chi connectivity index (χ0) is 34.6. The first-order valence-electron chi connectivity index (χ1n) is 18.0. The van der Waals surface area contributed by atoms with Gasteiger partial charge < -0.3 is 9.55 Å². The number of nitrogens with zero attached hydrogens (tertiary/aromatic N) is 4. The summed E-state index contributed by atoms with van der Waals surface area (Å²) < 4.78 is 4.68.